The van der Waals surface area contributed by atoms with Crippen LogP contribution in [-0.4, -0.2) is 78.5 Å². The number of carbonyl (C=O) groups excluding carboxylic acids is 1. The minimum Gasteiger partial charge on any atom is -0.340 e. The van der Waals surface area contributed by atoms with Gasteiger partial charge in [-0.25, -0.2) is 0 Å². The Labute approximate surface area is 170 Å². The second-order valence-corrected chi connectivity index (χ2v) is 8.77. The number of likely N-dealkylation sites (tertiary alicyclic amines) is 1. The van der Waals surface area contributed by atoms with Crippen LogP contribution in [0.25, 0.3) is 0 Å². The van der Waals surface area contributed by atoms with E-state index >= 15 is 0 Å². The lowest BCUT2D eigenvalue weighted by atomic mass is 10.0. The second-order valence-electron chi connectivity index (χ2n) is 8.77. The molecule has 1 aromatic rings. The molecule has 0 aliphatic carbocycles. The number of hydrogen-bond donors (Lipinski definition) is 1. The fraction of sp³-hybridized carbons (Fsp3) is 0.696. The standard InChI is InChI=1S/C23H36N4O/c28-23(10-9-21-8-4-5-12-24-21)27-16-14-26(15-17-27)22-11-13-25(19-22)18-20-6-2-1-3-7-20/h1-3,6-7,21-22,24H,4-5,8-19H2. The van der Waals surface area contributed by atoms with Crippen molar-refractivity contribution in [2.45, 2.75) is 57.2 Å². The lowest BCUT2D eigenvalue weighted by molar-refractivity contribution is -0.133. The number of nitrogens with zero attached hydrogens (tertiary/aromatic N) is 3. The molecule has 3 fully saturated rings. The van der Waals surface area contributed by atoms with Crippen LogP contribution in [0, 0.1) is 0 Å². The van der Waals surface area contributed by atoms with Gasteiger partial charge in [-0.1, -0.05) is 36.8 Å². The van der Waals surface area contributed by atoms with E-state index in [1.807, 2.05) is 0 Å². The van der Waals surface area contributed by atoms with Crippen LogP contribution in [0.5, 0.6) is 0 Å². The van der Waals surface area contributed by atoms with Gasteiger partial charge in [-0.05, 0) is 37.8 Å². The molecule has 3 aliphatic heterocycles. The van der Waals surface area contributed by atoms with Crippen molar-refractivity contribution in [3.05, 3.63) is 35.9 Å². The molecule has 5 heteroatoms. The molecule has 1 N–H and O–H groups in total. The first-order chi connectivity index (χ1) is 13.8. The summed E-state index contributed by atoms with van der Waals surface area (Å²) in [6, 6.07) is 12.0. The number of benzene rings is 1. The highest BCUT2D eigenvalue weighted by atomic mass is 16.2. The lowest BCUT2D eigenvalue weighted by Crippen LogP contribution is -2.52. The van der Waals surface area contributed by atoms with Crippen LogP contribution >= 0.6 is 0 Å². The maximum absolute atomic E-state index is 12.6. The molecule has 1 aromatic carbocycles. The van der Waals surface area contributed by atoms with E-state index in [4.69, 9.17) is 0 Å². The van der Waals surface area contributed by atoms with Crippen LogP contribution in [-0.2, 0) is 11.3 Å². The topological polar surface area (TPSA) is 38.8 Å². The maximum Gasteiger partial charge on any atom is 0.222 e. The molecular formula is C23H36N4O. The molecular weight excluding hydrogens is 348 g/mol. The Bertz CT molecular complexity index is 608. The van der Waals surface area contributed by atoms with Crippen molar-refractivity contribution in [3.63, 3.8) is 0 Å². The van der Waals surface area contributed by atoms with Crippen molar-refractivity contribution in [3.8, 4) is 0 Å². The average Bonchev–Trinajstić information content (AvgIpc) is 3.22. The van der Waals surface area contributed by atoms with E-state index < -0.39 is 0 Å². The summed E-state index contributed by atoms with van der Waals surface area (Å²) in [4.78, 5) is 19.9. The predicted molar refractivity (Wildman–Crippen MR) is 113 cm³/mol. The quantitative estimate of drug-likeness (QED) is 0.817. The summed E-state index contributed by atoms with van der Waals surface area (Å²) < 4.78 is 0. The largest absolute Gasteiger partial charge is 0.340 e. The fourth-order valence-electron chi connectivity index (χ4n) is 5.06. The first-order valence-electron chi connectivity index (χ1n) is 11.3. The van der Waals surface area contributed by atoms with Gasteiger partial charge in [0.05, 0.1) is 0 Å². The SMILES string of the molecule is O=C(CCC1CCCCN1)N1CCN(C2CCN(Cc3ccccc3)C2)CC1. The molecule has 4 rings (SSSR count). The zero-order valence-electron chi connectivity index (χ0n) is 17.2. The second kappa shape index (κ2) is 9.86. The van der Waals surface area contributed by atoms with Gasteiger partial charge >= 0.3 is 0 Å². The summed E-state index contributed by atoms with van der Waals surface area (Å²) in [6.07, 6.45) is 6.82. The summed E-state index contributed by atoms with van der Waals surface area (Å²) in [5.41, 5.74) is 1.41. The monoisotopic (exact) mass is 384 g/mol. The van der Waals surface area contributed by atoms with E-state index in [0.29, 0.717) is 24.4 Å². The van der Waals surface area contributed by atoms with E-state index in [1.54, 1.807) is 0 Å². The normalized spacial score (nSPS) is 27.2. The molecule has 1 amide bonds. The summed E-state index contributed by atoms with van der Waals surface area (Å²) in [6.45, 7) is 8.43. The van der Waals surface area contributed by atoms with Crippen molar-refractivity contribution in [2.75, 3.05) is 45.8 Å². The zero-order chi connectivity index (χ0) is 19.2. The summed E-state index contributed by atoms with van der Waals surface area (Å²) in [5.74, 6) is 0.365. The number of nitrogens with one attached hydrogen (secondary N) is 1. The Hall–Kier alpha value is -1.43. The number of carbonyl (C=O) groups is 1. The van der Waals surface area contributed by atoms with Gasteiger partial charge in [0.25, 0.3) is 0 Å². The van der Waals surface area contributed by atoms with Gasteiger partial charge in [-0.15, -0.1) is 0 Å². The molecule has 2 unspecified atom stereocenters. The van der Waals surface area contributed by atoms with Crippen molar-refractivity contribution < 1.29 is 4.79 Å². The molecule has 0 spiro atoms. The average molecular weight is 385 g/mol. The Morgan fingerprint density at radius 3 is 2.57 bits per heavy atom. The van der Waals surface area contributed by atoms with E-state index in [0.717, 1.165) is 52.2 Å². The van der Waals surface area contributed by atoms with Crippen LogP contribution in [0.3, 0.4) is 0 Å². The maximum atomic E-state index is 12.6. The molecule has 3 heterocycles. The molecule has 0 aromatic heterocycles. The highest BCUT2D eigenvalue weighted by Crippen LogP contribution is 2.20. The van der Waals surface area contributed by atoms with E-state index in [-0.39, 0.29) is 0 Å². The molecule has 0 bridgehead atoms. The highest BCUT2D eigenvalue weighted by molar-refractivity contribution is 5.76. The third-order valence-corrected chi connectivity index (χ3v) is 6.80. The van der Waals surface area contributed by atoms with Gasteiger partial charge in [0.2, 0.25) is 5.91 Å². The Balaban J connectivity index is 1.16. The third-order valence-electron chi connectivity index (χ3n) is 6.80. The molecule has 154 valence electrons. The van der Waals surface area contributed by atoms with E-state index in [9.17, 15) is 4.79 Å². The van der Waals surface area contributed by atoms with Gasteiger partial charge in [-0.2, -0.15) is 0 Å². The van der Waals surface area contributed by atoms with Crippen LogP contribution in [0.4, 0.5) is 0 Å². The lowest BCUT2D eigenvalue weighted by Gasteiger charge is -2.38. The summed E-state index contributed by atoms with van der Waals surface area (Å²) in [5, 5.41) is 3.56. The van der Waals surface area contributed by atoms with Gasteiger partial charge in [0.15, 0.2) is 0 Å². The number of piperidine rings is 1. The third kappa shape index (κ3) is 5.34. The van der Waals surface area contributed by atoms with Gasteiger partial charge in [0.1, 0.15) is 0 Å². The highest BCUT2D eigenvalue weighted by Gasteiger charge is 2.31. The van der Waals surface area contributed by atoms with Crippen LogP contribution < -0.4 is 5.32 Å². The van der Waals surface area contributed by atoms with Gasteiger partial charge in [-0.3, -0.25) is 14.6 Å². The van der Waals surface area contributed by atoms with Crippen LogP contribution in [0.1, 0.15) is 44.1 Å². The Morgan fingerprint density at radius 1 is 1.00 bits per heavy atom. The molecule has 3 aliphatic rings. The smallest absolute Gasteiger partial charge is 0.222 e. The van der Waals surface area contributed by atoms with Gasteiger partial charge in [0, 0.05) is 64.3 Å². The number of rotatable bonds is 6. The summed E-state index contributed by atoms with van der Waals surface area (Å²) >= 11 is 0. The minimum atomic E-state index is 0.365. The number of amides is 1. The van der Waals surface area contributed by atoms with Crippen LogP contribution in [0.2, 0.25) is 0 Å². The molecule has 2 atom stereocenters. The number of piperazine rings is 1. The van der Waals surface area contributed by atoms with Crippen molar-refractivity contribution in [1.29, 1.82) is 0 Å². The zero-order valence-corrected chi connectivity index (χ0v) is 17.2. The molecule has 3 saturated heterocycles. The van der Waals surface area contributed by atoms with Crippen LogP contribution in [0.15, 0.2) is 30.3 Å². The molecule has 0 radical (unpaired) electrons. The summed E-state index contributed by atoms with van der Waals surface area (Å²) in [7, 11) is 0. The molecule has 28 heavy (non-hydrogen) atoms. The minimum absolute atomic E-state index is 0.365. The first kappa shape index (κ1) is 19.9. The van der Waals surface area contributed by atoms with Gasteiger partial charge < -0.3 is 10.2 Å². The van der Waals surface area contributed by atoms with E-state index in [1.165, 1.54) is 37.8 Å². The Kier molecular flexibility index (Phi) is 7.00. The molecule has 0 saturated carbocycles. The van der Waals surface area contributed by atoms with Crippen molar-refractivity contribution >= 4 is 5.91 Å². The molecule has 5 nitrogen and oxygen atoms in total. The van der Waals surface area contributed by atoms with E-state index in [2.05, 4.69) is 50.3 Å². The van der Waals surface area contributed by atoms with Crippen molar-refractivity contribution in [1.82, 2.24) is 20.0 Å². The predicted octanol–water partition coefficient (Wildman–Crippen LogP) is 2.33. The van der Waals surface area contributed by atoms with Crippen molar-refractivity contribution in [2.24, 2.45) is 0 Å². The Morgan fingerprint density at radius 2 is 1.82 bits per heavy atom. The fourth-order valence-corrected chi connectivity index (χ4v) is 5.06. The number of hydrogen-bond acceptors (Lipinski definition) is 4. The first-order valence-corrected chi connectivity index (χ1v) is 11.3.